The lowest BCUT2D eigenvalue weighted by Crippen LogP contribution is -2.50. The van der Waals surface area contributed by atoms with Gasteiger partial charge in [-0.15, -0.1) is 0 Å². The fraction of sp³-hybridized carbons (Fsp3) is 0.933. The summed E-state index contributed by atoms with van der Waals surface area (Å²) in [5.41, 5.74) is -1.20. The molecule has 1 N–H and O–H groups in total. The van der Waals surface area contributed by atoms with Crippen LogP contribution in [0.5, 0.6) is 0 Å². The lowest BCUT2D eigenvalue weighted by atomic mass is 9.60. The van der Waals surface area contributed by atoms with E-state index >= 15 is 0 Å². The van der Waals surface area contributed by atoms with Crippen molar-refractivity contribution in [3.05, 3.63) is 0 Å². The Morgan fingerprint density at radius 3 is 2.06 bits per heavy atom. The molecule has 2 aliphatic carbocycles. The van der Waals surface area contributed by atoms with Crippen LogP contribution in [-0.2, 0) is 0 Å². The fourth-order valence-corrected chi connectivity index (χ4v) is 4.40. The van der Waals surface area contributed by atoms with Gasteiger partial charge >= 0.3 is 0 Å². The van der Waals surface area contributed by atoms with Gasteiger partial charge in [0.2, 0.25) is 0 Å². The van der Waals surface area contributed by atoms with Crippen molar-refractivity contribution in [1.82, 2.24) is 0 Å². The average molecular weight is 235 g/mol. The average Bonchev–Trinajstić information content (AvgIpc) is 2.59. The molecule has 2 nitrogen and oxygen atoms in total. The van der Waals surface area contributed by atoms with E-state index in [0.29, 0.717) is 17.8 Å². The van der Waals surface area contributed by atoms with E-state index in [-0.39, 0.29) is 0 Å². The Balaban J connectivity index is 2.27. The Morgan fingerprint density at radius 2 is 1.65 bits per heavy atom. The zero-order chi connectivity index (χ0) is 12.7. The Labute approximate surface area is 105 Å². The van der Waals surface area contributed by atoms with Gasteiger partial charge in [-0.2, -0.15) is 5.26 Å². The van der Waals surface area contributed by atoms with Crippen LogP contribution in [0.2, 0.25) is 0 Å². The highest BCUT2D eigenvalue weighted by molar-refractivity contribution is 5.16. The molecular weight excluding hydrogens is 210 g/mol. The van der Waals surface area contributed by atoms with Crippen molar-refractivity contribution in [3.63, 3.8) is 0 Å². The van der Waals surface area contributed by atoms with E-state index in [9.17, 15) is 10.4 Å². The number of nitrogens with zero attached hydrogens (tertiary/aromatic N) is 1. The Hall–Kier alpha value is -0.550. The van der Waals surface area contributed by atoms with E-state index in [1.165, 1.54) is 6.42 Å². The van der Waals surface area contributed by atoms with Gasteiger partial charge in [0.25, 0.3) is 0 Å². The normalized spacial score (nSPS) is 51.1. The molecule has 2 rings (SSSR count). The van der Waals surface area contributed by atoms with Gasteiger partial charge in [0.15, 0.2) is 0 Å². The second-order valence-corrected chi connectivity index (χ2v) is 6.93. The largest absolute Gasteiger partial charge is 0.388 e. The predicted molar refractivity (Wildman–Crippen MR) is 68.2 cm³/mol. The lowest BCUT2D eigenvalue weighted by molar-refractivity contribution is -0.106. The standard InChI is InChI=1S/C15H25NO/c1-11-4-5-14(7-11,10-16)15(17)8-12(2)6-13(3)9-15/h11-13,17H,4-9H2,1-3H3. The lowest BCUT2D eigenvalue weighted by Gasteiger charge is -2.47. The summed E-state index contributed by atoms with van der Waals surface area (Å²) in [4.78, 5) is 0. The summed E-state index contributed by atoms with van der Waals surface area (Å²) in [5, 5.41) is 20.7. The van der Waals surface area contributed by atoms with Gasteiger partial charge in [0.1, 0.15) is 0 Å². The first-order valence-corrected chi connectivity index (χ1v) is 7.04. The topological polar surface area (TPSA) is 44.0 Å². The fourth-order valence-electron chi connectivity index (χ4n) is 4.40. The van der Waals surface area contributed by atoms with Crippen LogP contribution in [0.4, 0.5) is 0 Å². The predicted octanol–water partition coefficient (Wildman–Crippen LogP) is 3.50. The van der Waals surface area contributed by atoms with Crippen LogP contribution in [-0.4, -0.2) is 10.7 Å². The van der Waals surface area contributed by atoms with Crippen molar-refractivity contribution >= 4 is 0 Å². The molecule has 0 spiro atoms. The molecule has 2 heteroatoms. The van der Waals surface area contributed by atoms with Gasteiger partial charge in [0.05, 0.1) is 17.1 Å². The van der Waals surface area contributed by atoms with Crippen LogP contribution < -0.4 is 0 Å². The summed E-state index contributed by atoms with van der Waals surface area (Å²) in [6, 6.07) is 2.51. The minimum Gasteiger partial charge on any atom is -0.388 e. The first-order valence-electron chi connectivity index (χ1n) is 7.04. The molecule has 2 fully saturated rings. The van der Waals surface area contributed by atoms with Crippen LogP contribution >= 0.6 is 0 Å². The number of nitriles is 1. The van der Waals surface area contributed by atoms with Crippen molar-refractivity contribution in [2.75, 3.05) is 0 Å². The van der Waals surface area contributed by atoms with Crippen molar-refractivity contribution in [1.29, 1.82) is 5.26 Å². The van der Waals surface area contributed by atoms with Gasteiger partial charge in [0, 0.05) is 0 Å². The first-order chi connectivity index (χ1) is 7.91. The third kappa shape index (κ3) is 2.10. The van der Waals surface area contributed by atoms with Crippen molar-refractivity contribution in [3.8, 4) is 6.07 Å². The second-order valence-electron chi connectivity index (χ2n) is 6.93. The SMILES string of the molecule is CC1CC(C)CC(O)(C2(C#N)CCC(C)C2)C1. The quantitative estimate of drug-likeness (QED) is 0.756. The van der Waals surface area contributed by atoms with Crippen molar-refractivity contribution in [2.45, 2.75) is 64.9 Å². The molecule has 17 heavy (non-hydrogen) atoms. The highest BCUT2D eigenvalue weighted by atomic mass is 16.3. The summed E-state index contributed by atoms with van der Waals surface area (Å²) in [5.74, 6) is 1.68. The third-order valence-corrected chi connectivity index (χ3v) is 5.04. The molecule has 4 atom stereocenters. The molecule has 0 aromatic rings. The van der Waals surface area contributed by atoms with Crippen molar-refractivity contribution in [2.24, 2.45) is 23.2 Å². The molecule has 0 saturated heterocycles. The van der Waals surface area contributed by atoms with Crippen LogP contribution in [0.3, 0.4) is 0 Å². The van der Waals surface area contributed by atoms with Crippen LogP contribution in [0.1, 0.15) is 59.3 Å². The van der Waals surface area contributed by atoms with E-state index < -0.39 is 11.0 Å². The molecule has 2 saturated carbocycles. The minimum absolute atomic E-state index is 0.463. The maximum absolute atomic E-state index is 11.1. The van der Waals surface area contributed by atoms with E-state index in [2.05, 4.69) is 26.8 Å². The van der Waals surface area contributed by atoms with E-state index in [4.69, 9.17) is 0 Å². The maximum atomic E-state index is 11.1. The Kier molecular flexibility index (Phi) is 3.25. The maximum Gasteiger partial charge on any atom is 0.0863 e. The van der Waals surface area contributed by atoms with Gasteiger partial charge in [-0.05, 0) is 56.3 Å². The molecule has 0 radical (unpaired) electrons. The molecule has 0 aliphatic heterocycles. The number of hydrogen-bond acceptors (Lipinski definition) is 2. The zero-order valence-electron chi connectivity index (χ0n) is 11.4. The van der Waals surface area contributed by atoms with Crippen molar-refractivity contribution < 1.29 is 5.11 Å². The molecule has 0 heterocycles. The Bertz CT molecular complexity index is 322. The third-order valence-electron chi connectivity index (χ3n) is 5.04. The summed E-state index contributed by atoms with van der Waals surface area (Å²) in [7, 11) is 0. The van der Waals surface area contributed by atoms with Crippen LogP contribution in [0, 0.1) is 34.5 Å². The second kappa shape index (κ2) is 4.28. The van der Waals surface area contributed by atoms with E-state index in [1.54, 1.807) is 0 Å². The summed E-state index contributed by atoms with van der Waals surface area (Å²) in [6.07, 6.45) is 5.70. The number of rotatable bonds is 1. The molecule has 0 aromatic heterocycles. The van der Waals surface area contributed by atoms with E-state index in [0.717, 1.165) is 32.1 Å². The highest BCUT2D eigenvalue weighted by Gasteiger charge is 2.55. The molecule has 2 aliphatic rings. The van der Waals surface area contributed by atoms with Gasteiger partial charge in [-0.25, -0.2) is 0 Å². The zero-order valence-corrected chi connectivity index (χ0v) is 11.4. The molecule has 0 amide bonds. The number of aliphatic hydroxyl groups is 1. The molecular formula is C15H25NO. The van der Waals surface area contributed by atoms with Gasteiger partial charge < -0.3 is 5.11 Å². The van der Waals surface area contributed by atoms with Crippen LogP contribution in [0.25, 0.3) is 0 Å². The molecule has 0 bridgehead atoms. The summed E-state index contributed by atoms with van der Waals surface area (Å²) in [6.45, 7) is 6.63. The van der Waals surface area contributed by atoms with Gasteiger partial charge in [-0.1, -0.05) is 20.8 Å². The summed E-state index contributed by atoms with van der Waals surface area (Å²) >= 11 is 0. The molecule has 96 valence electrons. The first kappa shape index (κ1) is 12.9. The highest BCUT2D eigenvalue weighted by Crippen LogP contribution is 2.55. The van der Waals surface area contributed by atoms with E-state index in [1.807, 2.05) is 0 Å². The number of hydrogen-bond donors (Lipinski definition) is 1. The molecule has 4 unspecified atom stereocenters. The van der Waals surface area contributed by atoms with Gasteiger partial charge in [-0.3, -0.25) is 0 Å². The smallest absolute Gasteiger partial charge is 0.0863 e. The summed E-state index contributed by atoms with van der Waals surface area (Å²) < 4.78 is 0. The molecule has 0 aromatic carbocycles. The van der Waals surface area contributed by atoms with Crippen LogP contribution in [0.15, 0.2) is 0 Å². The Morgan fingerprint density at radius 1 is 1.06 bits per heavy atom. The monoisotopic (exact) mass is 235 g/mol. The minimum atomic E-state index is -0.733.